The minimum atomic E-state index is 0.538. The molecular weight excluding hydrogens is 330 g/mol. The molecule has 2 aromatic rings. The summed E-state index contributed by atoms with van der Waals surface area (Å²) in [5, 5.41) is 6.45. The topological polar surface area (TPSA) is 64.1 Å². The van der Waals surface area contributed by atoms with Gasteiger partial charge in [0.2, 0.25) is 0 Å². The minimum absolute atomic E-state index is 0.538. The van der Waals surface area contributed by atoms with Crippen molar-refractivity contribution in [3.8, 4) is 17.2 Å². The zero-order valence-corrected chi connectivity index (χ0v) is 15.8. The molecule has 0 unspecified atom stereocenters. The van der Waals surface area contributed by atoms with Gasteiger partial charge in [-0.25, -0.2) is 0 Å². The number of aryl methyl sites for hydroxylation is 1. The molecule has 0 heterocycles. The Morgan fingerprint density at radius 1 is 1.04 bits per heavy atom. The third kappa shape index (κ3) is 5.88. The number of anilines is 1. The number of nitrogens with one attached hydrogen (secondary N) is 2. The molecule has 0 aliphatic heterocycles. The van der Waals surface area contributed by atoms with Crippen molar-refractivity contribution in [3.05, 3.63) is 48.0 Å². The molecule has 0 amide bonds. The van der Waals surface area contributed by atoms with Crippen molar-refractivity contribution in [1.82, 2.24) is 5.32 Å². The first-order valence-electron chi connectivity index (χ1n) is 8.64. The van der Waals surface area contributed by atoms with Gasteiger partial charge in [0.1, 0.15) is 12.4 Å². The van der Waals surface area contributed by atoms with Crippen molar-refractivity contribution in [3.63, 3.8) is 0 Å². The van der Waals surface area contributed by atoms with E-state index in [1.165, 1.54) is 5.56 Å². The zero-order valence-electron chi connectivity index (χ0n) is 15.8. The number of benzene rings is 2. The van der Waals surface area contributed by atoms with Gasteiger partial charge in [-0.15, -0.1) is 0 Å². The average molecular weight is 357 g/mol. The van der Waals surface area contributed by atoms with Crippen LogP contribution in [0.4, 0.5) is 5.69 Å². The molecule has 0 bridgehead atoms. The number of hydrogen-bond donors (Lipinski definition) is 2. The van der Waals surface area contributed by atoms with Gasteiger partial charge in [0, 0.05) is 18.8 Å². The summed E-state index contributed by atoms with van der Waals surface area (Å²) in [6.07, 6.45) is 0. The Labute approximate surface area is 155 Å². The predicted molar refractivity (Wildman–Crippen MR) is 106 cm³/mol. The number of nitrogens with zero attached hydrogens (tertiary/aromatic N) is 1. The summed E-state index contributed by atoms with van der Waals surface area (Å²) >= 11 is 0. The van der Waals surface area contributed by atoms with Crippen LogP contribution in [0.3, 0.4) is 0 Å². The number of hydrogen-bond acceptors (Lipinski definition) is 4. The summed E-state index contributed by atoms with van der Waals surface area (Å²) < 4.78 is 16.6. The van der Waals surface area contributed by atoms with Crippen LogP contribution in [-0.4, -0.2) is 39.9 Å². The first-order valence-corrected chi connectivity index (χ1v) is 8.64. The molecule has 0 radical (unpaired) electrons. The molecule has 0 spiro atoms. The highest BCUT2D eigenvalue weighted by molar-refractivity contribution is 5.93. The maximum absolute atomic E-state index is 5.71. The lowest BCUT2D eigenvalue weighted by molar-refractivity contribution is 0.311. The molecule has 0 saturated carbocycles. The van der Waals surface area contributed by atoms with Gasteiger partial charge in [-0.1, -0.05) is 17.7 Å². The Hall–Kier alpha value is -2.89. The first-order chi connectivity index (χ1) is 12.7. The molecule has 0 atom stereocenters. The van der Waals surface area contributed by atoms with E-state index in [0.29, 0.717) is 37.2 Å². The SMILES string of the molecule is CCOc1cc(NC(=NC)NCCOc2ccc(C)cc2)ccc1OC. The summed E-state index contributed by atoms with van der Waals surface area (Å²) in [5.74, 6) is 2.91. The fourth-order valence-electron chi connectivity index (χ4n) is 2.31. The van der Waals surface area contributed by atoms with Gasteiger partial charge < -0.3 is 24.8 Å². The van der Waals surface area contributed by atoms with Crippen molar-refractivity contribution in [2.45, 2.75) is 13.8 Å². The van der Waals surface area contributed by atoms with E-state index in [1.54, 1.807) is 14.2 Å². The summed E-state index contributed by atoms with van der Waals surface area (Å²) in [4.78, 5) is 4.22. The smallest absolute Gasteiger partial charge is 0.195 e. The normalized spacial score (nSPS) is 11.0. The van der Waals surface area contributed by atoms with Crippen LogP contribution >= 0.6 is 0 Å². The van der Waals surface area contributed by atoms with Gasteiger partial charge >= 0.3 is 0 Å². The Bertz CT molecular complexity index is 715. The fraction of sp³-hybridized carbons (Fsp3) is 0.350. The number of methoxy groups -OCH3 is 1. The van der Waals surface area contributed by atoms with E-state index in [2.05, 4.69) is 22.5 Å². The Morgan fingerprint density at radius 3 is 2.46 bits per heavy atom. The molecule has 0 aliphatic carbocycles. The van der Waals surface area contributed by atoms with E-state index in [9.17, 15) is 0 Å². The van der Waals surface area contributed by atoms with Crippen LogP contribution in [0.25, 0.3) is 0 Å². The van der Waals surface area contributed by atoms with Crippen molar-refractivity contribution in [2.24, 2.45) is 4.99 Å². The van der Waals surface area contributed by atoms with Gasteiger partial charge in [-0.2, -0.15) is 0 Å². The summed E-state index contributed by atoms with van der Waals surface area (Å²) in [7, 11) is 3.35. The molecule has 2 N–H and O–H groups in total. The van der Waals surface area contributed by atoms with Crippen LogP contribution in [0, 0.1) is 6.92 Å². The van der Waals surface area contributed by atoms with Crippen LogP contribution in [0.15, 0.2) is 47.5 Å². The number of aliphatic imine (C=N–C) groups is 1. The van der Waals surface area contributed by atoms with E-state index < -0.39 is 0 Å². The second-order valence-electron chi connectivity index (χ2n) is 5.58. The van der Waals surface area contributed by atoms with E-state index in [0.717, 1.165) is 11.4 Å². The van der Waals surface area contributed by atoms with Crippen molar-refractivity contribution in [1.29, 1.82) is 0 Å². The van der Waals surface area contributed by atoms with Crippen LogP contribution in [-0.2, 0) is 0 Å². The minimum Gasteiger partial charge on any atom is -0.493 e. The van der Waals surface area contributed by atoms with Crippen molar-refractivity contribution in [2.75, 3.05) is 39.2 Å². The number of rotatable bonds is 8. The molecule has 2 rings (SSSR count). The first kappa shape index (κ1) is 19.4. The molecule has 0 saturated heterocycles. The Kier molecular flexibility index (Phi) is 7.61. The predicted octanol–water partition coefficient (Wildman–Crippen LogP) is 3.47. The highest BCUT2D eigenvalue weighted by Gasteiger charge is 2.07. The van der Waals surface area contributed by atoms with E-state index >= 15 is 0 Å². The molecule has 2 aromatic carbocycles. The van der Waals surface area contributed by atoms with Crippen LogP contribution in [0.2, 0.25) is 0 Å². The lowest BCUT2D eigenvalue weighted by Crippen LogP contribution is -2.33. The van der Waals surface area contributed by atoms with Crippen LogP contribution in [0.5, 0.6) is 17.2 Å². The maximum Gasteiger partial charge on any atom is 0.195 e. The number of guanidine groups is 1. The highest BCUT2D eigenvalue weighted by Crippen LogP contribution is 2.30. The van der Waals surface area contributed by atoms with E-state index in [-0.39, 0.29) is 0 Å². The van der Waals surface area contributed by atoms with Gasteiger partial charge in [0.25, 0.3) is 0 Å². The Morgan fingerprint density at radius 2 is 1.81 bits per heavy atom. The lowest BCUT2D eigenvalue weighted by Gasteiger charge is -2.15. The van der Waals surface area contributed by atoms with Crippen LogP contribution < -0.4 is 24.8 Å². The van der Waals surface area contributed by atoms with Gasteiger partial charge in [-0.3, -0.25) is 4.99 Å². The summed E-state index contributed by atoms with van der Waals surface area (Å²) in [6, 6.07) is 13.7. The molecule has 140 valence electrons. The van der Waals surface area contributed by atoms with Gasteiger partial charge in [0.05, 0.1) is 20.3 Å². The average Bonchev–Trinajstić information content (AvgIpc) is 2.66. The van der Waals surface area contributed by atoms with Crippen molar-refractivity contribution >= 4 is 11.6 Å². The second-order valence-corrected chi connectivity index (χ2v) is 5.58. The number of ether oxygens (including phenoxy) is 3. The molecule has 0 aromatic heterocycles. The van der Waals surface area contributed by atoms with Crippen molar-refractivity contribution < 1.29 is 14.2 Å². The molecule has 0 fully saturated rings. The lowest BCUT2D eigenvalue weighted by atomic mass is 10.2. The zero-order chi connectivity index (χ0) is 18.8. The van der Waals surface area contributed by atoms with E-state index in [4.69, 9.17) is 14.2 Å². The molecule has 6 nitrogen and oxygen atoms in total. The van der Waals surface area contributed by atoms with Gasteiger partial charge in [-0.05, 0) is 38.1 Å². The fourth-order valence-corrected chi connectivity index (χ4v) is 2.31. The summed E-state index contributed by atoms with van der Waals surface area (Å²) in [6.45, 7) is 5.73. The standard InChI is InChI=1S/C20H27N3O3/c1-5-25-19-14-16(8-11-18(19)24-4)23-20(21-3)22-12-13-26-17-9-6-15(2)7-10-17/h6-11,14H,5,12-13H2,1-4H3,(H2,21,22,23). The second kappa shape index (κ2) is 10.2. The molecule has 0 aliphatic rings. The third-order valence-electron chi connectivity index (χ3n) is 3.63. The third-order valence-corrected chi connectivity index (χ3v) is 3.63. The molecular formula is C20H27N3O3. The van der Waals surface area contributed by atoms with E-state index in [1.807, 2.05) is 49.4 Å². The molecule has 26 heavy (non-hydrogen) atoms. The van der Waals surface area contributed by atoms with Gasteiger partial charge in [0.15, 0.2) is 17.5 Å². The Balaban J connectivity index is 1.85. The van der Waals surface area contributed by atoms with Crippen LogP contribution in [0.1, 0.15) is 12.5 Å². The monoisotopic (exact) mass is 357 g/mol. The largest absolute Gasteiger partial charge is 0.493 e. The maximum atomic E-state index is 5.71. The summed E-state index contributed by atoms with van der Waals surface area (Å²) in [5.41, 5.74) is 2.08. The highest BCUT2D eigenvalue weighted by atomic mass is 16.5. The quantitative estimate of drug-likeness (QED) is 0.430. The molecule has 6 heteroatoms.